The Morgan fingerprint density at radius 3 is 2.76 bits per heavy atom. The second kappa shape index (κ2) is 7.61. The van der Waals surface area contributed by atoms with Crippen molar-refractivity contribution in [3.05, 3.63) is 29.6 Å². The third kappa shape index (κ3) is 4.32. The Morgan fingerprint density at radius 1 is 1.43 bits per heavy atom. The Morgan fingerprint density at radius 2 is 2.14 bits per heavy atom. The van der Waals surface area contributed by atoms with Crippen LogP contribution in [0.1, 0.15) is 18.4 Å². The van der Waals surface area contributed by atoms with Crippen LogP contribution in [-0.2, 0) is 16.1 Å². The Bertz CT molecular complexity index is 492. The Balaban J connectivity index is 2.17. The van der Waals surface area contributed by atoms with Crippen molar-refractivity contribution in [2.75, 3.05) is 26.2 Å². The zero-order chi connectivity index (χ0) is 15.2. The quantitative estimate of drug-likeness (QED) is 0.784. The summed E-state index contributed by atoms with van der Waals surface area (Å²) in [5.74, 6) is -0.166. The van der Waals surface area contributed by atoms with Crippen LogP contribution in [0.2, 0.25) is 0 Å². The largest absolute Gasteiger partial charge is 0.497 e. The van der Waals surface area contributed by atoms with Gasteiger partial charge in [0.2, 0.25) is 5.91 Å². The first-order chi connectivity index (χ1) is 10.1. The first-order valence-corrected chi connectivity index (χ1v) is 7.44. The van der Waals surface area contributed by atoms with Gasteiger partial charge in [-0.15, -0.1) is 11.6 Å². The summed E-state index contributed by atoms with van der Waals surface area (Å²) in [6.07, 6.45) is 1.55. The molecule has 0 aliphatic carbocycles. The number of halogens is 2. The molecule has 0 radical (unpaired) electrons. The smallest absolute Gasteiger partial charge is 0.238 e. The lowest BCUT2D eigenvalue weighted by molar-refractivity contribution is -0.133. The minimum absolute atomic E-state index is 0.0796. The number of methoxy groups -OCH3 is 1. The molecule has 4 nitrogen and oxygen atoms in total. The van der Waals surface area contributed by atoms with E-state index in [4.69, 9.17) is 21.1 Å². The van der Waals surface area contributed by atoms with Gasteiger partial charge in [0.15, 0.2) is 0 Å². The van der Waals surface area contributed by atoms with E-state index in [0.29, 0.717) is 31.1 Å². The van der Waals surface area contributed by atoms with E-state index in [0.717, 1.165) is 12.8 Å². The van der Waals surface area contributed by atoms with Crippen LogP contribution in [0.4, 0.5) is 4.39 Å². The SMILES string of the molecule is COc1cc(F)cc(CN(C(=O)CCl)C2CCOCC2)c1. The van der Waals surface area contributed by atoms with Crippen molar-refractivity contribution < 1.29 is 18.7 Å². The van der Waals surface area contributed by atoms with Crippen LogP contribution in [-0.4, -0.2) is 43.1 Å². The summed E-state index contributed by atoms with van der Waals surface area (Å²) in [5, 5.41) is 0. The van der Waals surface area contributed by atoms with Crippen LogP contribution in [0.15, 0.2) is 18.2 Å². The predicted molar refractivity (Wildman–Crippen MR) is 78.1 cm³/mol. The summed E-state index contributed by atoms with van der Waals surface area (Å²) in [6, 6.07) is 4.54. The van der Waals surface area contributed by atoms with Crippen molar-refractivity contribution in [3.63, 3.8) is 0 Å². The van der Waals surface area contributed by atoms with Gasteiger partial charge in [-0.3, -0.25) is 4.79 Å². The van der Waals surface area contributed by atoms with Crippen LogP contribution in [0, 0.1) is 5.82 Å². The highest BCUT2D eigenvalue weighted by molar-refractivity contribution is 6.27. The van der Waals surface area contributed by atoms with E-state index < -0.39 is 0 Å². The minimum atomic E-state index is -0.380. The fraction of sp³-hybridized carbons (Fsp3) is 0.533. The van der Waals surface area contributed by atoms with Crippen LogP contribution < -0.4 is 4.74 Å². The van der Waals surface area contributed by atoms with Crippen LogP contribution in [0.3, 0.4) is 0 Å². The van der Waals surface area contributed by atoms with E-state index in [1.54, 1.807) is 11.0 Å². The lowest BCUT2D eigenvalue weighted by Crippen LogP contribution is -2.43. The van der Waals surface area contributed by atoms with Gasteiger partial charge in [-0.05, 0) is 30.5 Å². The van der Waals surface area contributed by atoms with Gasteiger partial charge in [-0.25, -0.2) is 4.39 Å². The first-order valence-electron chi connectivity index (χ1n) is 6.90. The number of benzene rings is 1. The number of carbonyl (C=O) groups excluding carboxylic acids is 1. The van der Waals surface area contributed by atoms with Gasteiger partial charge in [0, 0.05) is 31.9 Å². The molecule has 0 spiro atoms. The van der Waals surface area contributed by atoms with Gasteiger partial charge in [-0.2, -0.15) is 0 Å². The van der Waals surface area contributed by atoms with Crippen molar-refractivity contribution in [1.82, 2.24) is 4.90 Å². The summed E-state index contributed by atoms with van der Waals surface area (Å²) in [6.45, 7) is 1.58. The van der Waals surface area contributed by atoms with Gasteiger partial charge in [0.1, 0.15) is 17.4 Å². The Labute approximate surface area is 128 Å². The third-order valence-corrected chi connectivity index (χ3v) is 3.81. The van der Waals surface area contributed by atoms with Gasteiger partial charge < -0.3 is 14.4 Å². The number of rotatable bonds is 5. The zero-order valence-corrected chi connectivity index (χ0v) is 12.7. The molecule has 0 unspecified atom stereocenters. The summed E-state index contributed by atoms with van der Waals surface area (Å²) < 4.78 is 23.9. The molecule has 0 aromatic heterocycles. The molecule has 1 aromatic rings. The summed E-state index contributed by atoms with van der Waals surface area (Å²) in [5.41, 5.74) is 0.691. The molecule has 1 heterocycles. The van der Waals surface area contributed by atoms with Gasteiger partial charge >= 0.3 is 0 Å². The summed E-state index contributed by atoms with van der Waals surface area (Å²) in [4.78, 5) is 13.8. The Kier molecular flexibility index (Phi) is 5.82. The molecule has 6 heteroatoms. The van der Waals surface area contributed by atoms with Crippen molar-refractivity contribution in [3.8, 4) is 5.75 Å². The molecule has 1 saturated heterocycles. The van der Waals surface area contributed by atoms with E-state index in [2.05, 4.69) is 0 Å². The second-order valence-corrected chi connectivity index (χ2v) is 5.27. The van der Waals surface area contributed by atoms with E-state index in [-0.39, 0.29) is 23.6 Å². The molecule has 1 amide bonds. The van der Waals surface area contributed by atoms with Crippen molar-refractivity contribution in [1.29, 1.82) is 0 Å². The fourth-order valence-corrected chi connectivity index (χ4v) is 2.67. The number of carbonyl (C=O) groups is 1. The van der Waals surface area contributed by atoms with Gasteiger partial charge in [-0.1, -0.05) is 0 Å². The molecular formula is C15H19ClFNO3. The van der Waals surface area contributed by atoms with Crippen molar-refractivity contribution in [2.45, 2.75) is 25.4 Å². The molecule has 0 bridgehead atoms. The number of hydrogen-bond acceptors (Lipinski definition) is 3. The van der Waals surface area contributed by atoms with Crippen LogP contribution >= 0.6 is 11.6 Å². The molecular weight excluding hydrogens is 297 g/mol. The van der Waals surface area contributed by atoms with Crippen molar-refractivity contribution >= 4 is 17.5 Å². The number of hydrogen-bond donors (Lipinski definition) is 0. The predicted octanol–water partition coefficient (Wildman–Crippen LogP) is 2.58. The molecule has 1 aliphatic rings. The highest BCUT2D eigenvalue weighted by atomic mass is 35.5. The number of alkyl halides is 1. The third-order valence-electron chi connectivity index (χ3n) is 3.59. The van der Waals surface area contributed by atoms with Gasteiger partial charge in [0.25, 0.3) is 0 Å². The van der Waals surface area contributed by atoms with Gasteiger partial charge in [0.05, 0.1) is 7.11 Å². The molecule has 2 rings (SSSR count). The van der Waals surface area contributed by atoms with E-state index in [1.807, 2.05) is 0 Å². The number of ether oxygens (including phenoxy) is 2. The molecule has 0 N–H and O–H groups in total. The molecule has 1 aromatic carbocycles. The average Bonchev–Trinajstić information content (AvgIpc) is 2.52. The molecule has 116 valence electrons. The summed E-state index contributed by atoms with van der Waals surface area (Å²) in [7, 11) is 1.48. The van der Waals surface area contributed by atoms with E-state index >= 15 is 0 Å². The topological polar surface area (TPSA) is 38.8 Å². The Hall–Kier alpha value is -1.33. The van der Waals surface area contributed by atoms with E-state index in [1.165, 1.54) is 19.2 Å². The highest BCUT2D eigenvalue weighted by Crippen LogP contribution is 2.21. The lowest BCUT2D eigenvalue weighted by Gasteiger charge is -2.34. The molecule has 0 saturated carbocycles. The number of nitrogens with zero attached hydrogens (tertiary/aromatic N) is 1. The second-order valence-electron chi connectivity index (χ2n) is 5.00. The lowest BCUT2D eigenvalue weighted by atomic mass is 10.1. The number of amides is 1. The molecule has 21 heavy (non-hydrogen) atoms. The fourth-order valence-electron chi connectivity index (χ4n) is 2.52. The normalized spacial score (nSPS) is 15.8. The first kappa shape index (κ1) is 16.0. The molecule has 1 aliphatic heterocycles. The van der Waals surface area contributed by atoms with Crippen LogP contribution in [0.5, 0.6) is 5.75 Å². The monoisotopic (exact) mass is 315 g/mol. The standard InChI is InChI=1S/C15H19ClFNO3/c1-20-14-7-11(6-12(17)8-14)10-18(15(19)9-16)13-2-4-21-5-3-13/h6-8,13H,2-5,9-10H2,1H3. The summed E-state index contributed by atoms with van der Waals surface area (Å²) >= 11 is 5.70. The maximum atomic E-state index is 13.6. The average molecular weight is 316 g/mol. The maximum absolute atomic E-state index is 13.6. The highest BCUT2D eigenvalue weighted by Gasteiger charge is 2.25. The molecule has 1 fully saturated rings. The van der Waals surface area contributed by atoms with Crippen molar-refractivity contribution in [2.24, 2.45) is 0 Å². The zero-order valence-electron chi connectivity index (χ0n) is 12.0. The minimum Gasteiger partial charge on any atom is -0.497 e. The van der Waals surface area contributed by atoms with E-state index in [9.17, 15) is 9.18 Å². The molecule has 0 atom stereocenters. The maximum Gasteiger partial charge on any atom is 0.238 e. The van der Waals surface area contributed by atoms with Crippen LogP contribution in [0.25, 0.3) is 0 Å².